The maximum absolute atomic E-state index is 13.4. The molecule has 4 aromatic rings. The van der Waals surface area contributed by atoms with Crippen LogP contribution in [-0.2, 0) is 23.0 Å². The van der Waals surface area contributed by atoms with E-state index in [-0.39, 0.29) is 23.0 Å². The molecule has 0 fully saturated rings. The largest absolute Gasteiger partial charge is 0.437 e. The van der Waals surface area contributed by atoms with Gasteiger partial charge in [-0.1, -0.05) is 17.7 Å². The number of amides is 2. The molecule has 0 bridgehead atoms. The monoisotopic (exact) mass is 630 g/mol. The highest BCUT2D eigenvalue weighted by Crippen LogP contribution is 2.27. The molecule has 2 N–H and O–H groups in total. The highest BCUT2D eigenvalue weighted by Gasteiger charge is 2.39. The predicted octanol–water partition coefficient (Wildman–Crippen LogP) is 5.77. The van der Waals surface area contributed by atoms with Crippen LogP contribution in [0.25, 0.3) is 22.5 Å². The number of aromatic nitrogens is 4. The lowest BCUT2D eigenvalue weighted by molar-refractivity contribution is -0.197. The van der Waals surface area contributed by atoms with Crippen LogP contribution >= 0.6 is 11.6 Å². The molecule has 0 aliphatic carbocycles. The van der Waals surface area contributed by atoms with Gasteiger partial charge in [-0.25, -0.2) is 4.79 Å². The fourth-order valence-electron chi connectivity index (χ4n) is 4.30. The van der Waals surface area contributed by atoms with E-state index in [1.165, 1.54) is 6.07 Å². The van der Waals surface area contributed by atoms with Gasteiger partial charge in [-0.15, -0.1) is 10.2 Å². The Morgan fingerprint density at radius 2 is 1.66 bits per heavy atom. The van der Waals surface area contributed by atoms with Crippen LogP contribution < -0.4 is 16.2 Å². The second-order valence-electron chi connectivity index (χ2n) is 10.4. The van der Waals surface area contributed by atoms with E-state index in [1.807, 2.05) is 13.8 Å². The molecular weight excluding hydrogens is 601 g/mol. The molecule has 2 atom stereocenters. The van der Waals surface area contributed by atoms with Crippen LogP contribution in [0.2, 0.25) is 5.02 Å². The van der Waals surface area contributed by atoms with Gasteiger partial charge in [-0.3, -0.25) is 9.59 Å². The summed E-state index contributed by atoms with van der Waals surface area (Å²) in [5.41, 5.74) is 2.72. The lowest BCUT2D eigenvalue weighted by Crippen LogP contribution is -2.47. The van der Waals surface area contributed by atoms with Crippen LogP contribution in [0.15, 0.2) is 71.9 Å². The van der Waals surface area contributed by atoms with Gasteiger partial charge < -0.3 is 24.5 Å². The molecule has 0 radical (unpaired) electrons. The molecule has 2 aromatic carbocycles. The summed E-state index contributed by atoms with van der Waals surface area (Å²) in [7, 11) is 1.78. The quantitative estimate of drug-likeness (QED) is 0.242. The zero-order chi connectivity index (χ0) is 32.2. The van der Waals surface area contributed by atoms with E-state index in [9.17, 15) is 27.6 Å². The minimum atomic E-state index is -4.79. The number of carbonyl (C=O) groups excluding carboxylic acids is 2. The molecule has 232 valence electrons. The third-order valence-electron chi connectivity index (χ3n) is 6.77. The first-order chi connectivity index (χ1) is 20.7. The van der Waals surface area contributed by atoms with Crippen molar-refractivity contribution < 1.29 is 27.5 Å². The Hall–Kier alpha value is -4.65. The number of carbonyl (C=O) groups is 2. The van der Waals surface area contributed by atoms with Crippen LogP contribution in [0.3, 0.4) is 0 Å². The summed E-state index contributed by atoms with van der Waals surface area (Å²) in [4.78, 5) is 38.1. The summed E-state index contributed by atoms with van der Waals surface area (Å²) < 4.78 is 46.9. The SMILES string of the molecule is CC(C)n1cc(-c2ccc(Cl)c(C[C@H](NC(=O)OC(C)C(F)(F)F)C(=O)Nc3ccc(-c4nncn4C)cc3)c2)ccc1=O. The number of hydrogen-bond donors (Lipinski definition) is 2. The van der Waals surface area contributed by atoms with Crippen LogP contribution in [0.5, 0.6) is 0 Å². The summed E-state index contributed by atoms with van der Waals surface area (Å²) in [6.07, 6.45) is -5.56. The molecule has 0 aliphatic heterocycles. The average molecular weight is 631 g/mol. The number of alkyl halides is 3. The van der Waals surface area contributed by atoms with Crippen molar-refractivity contribution >= 4 is 29.3 Å². The first kappa shape index (κ1) is 32.3. The number of pyridine rings is 1. The zero-order valence-corrected chi connectivity index (χ0v) is 25.0. The van der Waals surface area contributed by atoms with Crippen LogP contribution in [-0.4, -0.2) is 49.7 Å². The van der Waals surface area contributed by atoms with E-state index in [1.54, 1.807) is 77.2 Å². The van der Waals surface area contributed by atoms with Crippen molar-refractivity contribution in [3.8, 4) is 22.5 Å². The molecule has 14 heteroatoms. The molecule has 0 spiro atoms. The number of hydrogen-bond acceptors (Lipinski definition) is 6. The number of anilines is 1. The van der Waals surface area contributed by atoms with Gasteiger partial charge in [0.2, 0.25) is 5.91 Å². The third kappa shape index (κ3) is 7.84. The van der Waals surface area contributed by atoms with E-state index < -0.39 is 30.3 Å². The molecule has 2 aromatic heterocycles. The maximum Gasteiger partial charge on any atom is 0.425 e. The average Bonchev–Trinajstić information content (AvgIpc) is 3.39. The number of nitrogens with one attached hydrogen (secondary N) is 2. The predicted molar refractivity (Wildman–Crippen MR) is 159 cm³/mol. The van der Waals surface area contributed by atoms with Gasteiger partial charge in [0.1, 0.15) is 12.4 Å². The van der Waals surface area contributed by atoms with E-state index in [0.29, 0.717) is 35.1 Å². The summed E-state index contributed by atoms with van der Waals surface area (Å²) in [5.74, 6) is -0.120. The molecule has 1 unspecified atom stereocenters. The first-order valence-electron chi connectivity index (χ1n) is 13.5. The molecule has 0 aliphatic rings. The van der Waals surface area contributed by atoms with E-state index in [4.69, 9.17) is 11.6 Å². The second kappa shape index (κ2) is 13.3. The fraction of sp³-hybridized carbons (Fsp3) is 0.300. The minimum absolute atomic E-state index is 0.0916. The van der Waals surface area contributed by atoms with Crippen LogP contribution in [0, 0.1) is 0 Å². The Kier molecular flexibility index (Phi) is 9.78. The van der Waals surface area contributed by atoms with E-state index in [0.717, 1.165) is 5.56 Å². The summed E-state index contributed by atoms with van der Waals surface area (Å²) in [5, 5.41) is 13.1. The third-order valence-corrected chi connectivity index (χ3v) is 7.14. The first-order valence-corrected chi connectivity index (χ1v) is 13.9. The van der Waals surface area contributed by atoms with Gasteiger partial charge >= 0.3 is 12.3 Å². The molecule has 4 rings (SSSR count). The number of nitrogens with zero attached hydrogens (tertiary/aromatic N) is 4. The molecule has 0 saturated heterocycles. The number of halogens is 4. The van der Waals surface area contributed by atoms with Crippen molar-refractivity contribution in [1.82, 2.24) is 24.6 Å². The summed E-state index contributed by atoms with van der Waals surface area (Å²) >= 11 is 6.47. The number of aryl methyl sites for hydroxylation is 1. The number of ether oxygens (including phenoxy) is 1. The smallest absolute Gasteiger partial charge is 0.425 e. The van der Waals surface area contributed by atoms with E-state index in [2.05, 4.69) is 25.6 Å². The number of rotatable bonds is 9. The van der Waals surface area contributed by atoms with Crippen LogP contribution in [0.1, 0.15) is 32.4 Å². The Morgan fingerprint density at radius 1 is 1.00 bits per heavy atom. The number of alkyl carbamates (subject to hydrolysis) is 1. The number of benzene rings is 2. The molecular formula is C30H30ClF3N6O4. The van der Waals surface area contributed by atoms with Gasteiger partial charge in [-0.2, -0.15) is 13.2 Å². The van der Waals surface area contributed by atoms with Gasteiger partial charge in [-0.05, 0) is 79.9 Å². The fourth-order valence-corrected chi connectivity index (χ4v) is 4.49. The highest BCUT2D eigenvalue weighted by atomic mass is 35.5. The van der Waals surface area contributed by atoms with Crippen molar-refractivity contribution in [3.63, 3.8) is 0 Å². The lowest BCUT2D eigenvalue weighted by atomic mass is 9.99. The lowest BCUT2D eigenvalue weighted by Gasteiger charge is -2.22. The van der Waals surface area contributed by atoms with Crippen molar-refractivity contribution in [2.45, 2.75) is 51.6 Å². The topological polar surface area (TPSA) is 120 Å². The minimum Gasteiger partial charge on any atom is -0.437 e. The standard InChI is InChI=1S/C30H30ClF3N6O4/c1-17(2)40-15-21(8-12-26(40)41)20-7-11-24(31)22(13-20)14-25(37-29(43)44-18(3)30(32,33)34)28(42)36-23-9-5-19(6-10-23)27-38-35-16-39(27)4/h5-13,15-18,25H,14H2,1-4H3,(H,36,42)(H,37,43)/t18?,25-/m0/s1. The molecule has 10 nitrogen and oxygen atoms in total. The second-order valence-corrected chi connectivity index (χ2v) is 10.8. The maximum atomic E-state index is 13.4. The Morgan fingerprint density at radius 3 is 2.27 bits per heavy atom. The van der Waals surface area contributed by atoms with Gasteiger partial charge in [0.05, 0.1) is 0 Å². The molecule has 0 saturated carbocycles. The normalized spacial score (nSPS) is 12.9. The van der Waals surface area contributed by atoms with E-state index >= 15 is 0 Å². The van der Waals surface area contributed by atoms with Gasteiger partial charge in [0, 0.05) is 48.0 Å². The zero-order valence-electron chi connectivity index (χ0n) is 24.2. The highest BCUT2D eigenvalue weighted by molar-refractivity contribution is 6.31. The van der Waals surface area contributed by atoms with Crippen molar-refractivity contribution in [2.75, 3.05) is 5.32 Å². The Labute approximate surface area is 255 Å². The Balaban J connectivity index is 1.61. The summed E-state index contributed by atoms with van der Waals surface area (Å²) in [6.45, 7) is 4.43. The molecule has 44 heavy (non-hydrogen) atoms. The Bertz CT molecular complexity index is 1700. The van der Waals surface area contributed by atoms with Crippen molar-refractivity contribution in [3.05, 3.63) is 88.1 Å². The van der Waals surface area contributed by atoms with Gasteiger partial charge in [0.25, 0.3) is 5.56 Å². The summed E-state index contributed by atoms with van der Waals surface area (Å²) in [6, 6.07) is 13.3. The van der Waals surface area contributed by atoms with Crippen molar-refractivity contribution in [1.29, 1.82) is 0 Å². The van der Waals surface area contributed by atoms with Crippen LogP contribution in [0.4, 0.5) is 23.7 Å². The van der Waals surface area contributed by atoms with Gasteiger partial charge in [0.15, 0.2) is 11.9 Å². The van der Waals surface area contributed by atoms with Crippen molar-refractivity contribution in [2.24, 2.45) is 7.05 Å². The molecule has 2 amide bonds. The molecule has 2 heterocycles.